The minimum atomic E-state index is -4.39. The van der Waals surface area contributed by atoms with Crippen molar-refractivity contribution in [2.75, 3.05) is 6.26 Å². The van der Waals surface area contributed by atoms with Crippen molar-refractivity contribution in [1.82, 2.24) is 4.98 Å². The maximum atomic E-state index is 13.0. The number of hydrogen-bond acceptors (Lipinski definition) is 2. The molecular formula is C19H13ClF3NS. The van der Waals surface area contributed by atoms with Crippen LogP contribution in [0, 0.1) is 0 Å². The van der Waals surface area contributed by atoms with Crippen molar-refractivity contribution in [2.24, 2.45) is 0 Å². The van der Waals surface area contributed by atoms with Crippen LogP contribution < -0.4 is 0 Å². The zero-order valence-corrected chi connectivity index (χ0v) is 14.7. The highest BCUT2D eigenvalue weighted by molar-refractivity contribution is 7.98. The van der Waals surface area contributed by atoms with E-state index in [0.29, 0.717) is 22.0 Å². The molecule has 0 aliphatic heterocycles. The fourth-order valence-electron chi connectivity index (χ4n) is 2.42. The molecular weight excluding hydrogens is 367 g/mol. The largest absolute Gasteiger partial charge is 0.416 e. The number of pyridine rings is 1. The van der Waals surface area contributed by atoms with E-state index < -0.39 is 11.7 Å². The van der Waals surface area contributed by atoms with Crippen molar-refractivity contribution < 1.29 is 13.2 Å². The second kappa shape index (κ2) is 7.10. The Kier molecular flexibility index (Phi) is 5.06. The Labute approximate surface area is 152 Å². The number of thioether (sulfide) groups is 1. The van der Waals surface area contributed by atoms with Crippen molar-refractivity contribution in [2.45, 2.75) is 11.1 Å². The van der Waals surface area contributed by atoms with Crippen LogP contribution in [0.2, 0.25) is 5.02 Å². The third-order valence-electron chi connectivity index (χ3n) is 3.64. The molecule has 128 valence electrons. The summed E-state index contributed by atoms with van der Waals surface area (Å²) in [5.74, 6) is 0. The molecule has 0 aliphatic carbocycles. The van der Waals surface area contributed by atoms with Crippen LogP contribution in [0.3, 0.4) is 0 Å². The Morgan fingerprint density at radius 1 is 0.880 bits per heavy atom. The zero-order chi connectivity index (χ0) is 18.0. The first-order valence-corrected chi connectivity index (χ1v) is 8.97. The summed E-state index contributed by atoms with van der Waals surface area (Å²) in [5, 5.41) is 0.578. The topological polar surface area (TPSA) is 12.9 Å². The van der Waals surface area contributed by atoms with E-state index in [1.54, 1.807) is 24.3 Å². The molecule has 0 amide bonds. The molecule has 0 unspecified atom stereocenters. The third-order valence-corrected chi connectivity index (χ3v) is 4.58. The molecule has 0 bridgehead atoms. The van der Waals surface area contributed by atoms with Crippen molar-refractivity contribution >= 4 is 23.4 Å². The van der Waals surface area contributed by atoms with Gasteiger partial charge >= 0.3 is 6.18 Å². The summed E-state index contributed by atoms with van der Waals surface area (Å²) in [6.45, 7) is 0. The van der Waals surface area contributed by atoms with E-state index in [-0.39, 0.29) is 0 Å². The standard InChI is InChI=1S/C19H13ClF3NS/c1-25-16-10-17(12-4-2-6-14(8-12)19(21,22)23)24-18(11-16)13-5-3-7-15(20)9-13/h2-11H,1H3. The van der Waals surface area contributed by atoms with Gasteiger partial charge in [0.25, 0.3) is 0 Å². The number of alkyl halides is 3. The summed E-state index contributed by atoms with van der Waals surface area (Å²) < 4.78 is 38.9. The molecule has 0 saturated heterocycles. The molecule has 0 aliphatic rings. The molecule has 1 heterocycles. The molecule has 0 fully saturated rings. The van der Waals surface area contributed by atoms with E-state index in [0.717, 1.165) is 22.6 Å². The Morgan fingerprint density at radius 3 is 2.04 bits per heavy atom. The van der Waals surface area contributed by atoms with E-state index in [9.17, 15) is 13.2 Å². The zero-order valence-electron chi connectivity index (χ0n) is 13.1. The summed E-state index contributed by atoms with van der Waals surface area (Å²) in [6, 6.07) is 16.1. The Balaban J connectivity index is 2.13. The summed E-state index contributed by atoms with van der Waals surface area (Å²) in [5.41, 5.74) is 1.71. The van der Waals surface area contributed by atoms with E-state index in [1.165, 1.54) is 17.8 Å². The number of halogens is 4. The van der Waals surface area contributed by atoms with Crippen LogP contribution in [0.25, 0.3) is 22.5 Å². The average Bonchev–Trinajstić information content (AvgIpc) is 2.60. The highest BCUT2D eigenvalue weighted by Crippen LogP contribution is 2.34. The maximum absolute atomic E-state index is 13.0. The quantitative estimate of drug-likeness (QED) is 0.463. The fourth-order valence-corrected chi connectivity index (χ4v) is 3.07. The normalized spacial score (nSPS) is 11.6. The average molecular weight is 380 g/mol. The van der Waals surface area contributed by atoms with Crippen LogP contribution in [-0.2, 0) is 6.18 Å². The molecule has 2 aromatic carbocycles. The van der Waals surface area contributed by atoms with Gasteiger partial charge in [-0.2, -0.15) is 13.2 Å². The van der Waals surface area contributed by atoms with Crippen molar-refractivity contribution in [3.05, 3.63) is 71.2 Å². The lowest BCUT2D eigenvalue weighted by Gasteiger charge is -2.11. The smallest absolute Gasteiger partial charge is 0.248 e. The molecule has 0 N–H and O–H groups in total. The fraction of sp³-hybridized carbons (Fsp3) is 0.105. The molecule has 0 saturated carbocycles. The van der Waals surface area contributed by atoms with Gasteiger partial charge in [-0.05, 0) is 42.7 Å². The first-order valence-electron chi connectivity index (χ1n) is 7.36. The first-order chi connectivity index (χ1) is 11.9. The molecule has 3 rings (SSSR count). The van der Waals surface area contributed by atoms with Gasteiger partial charge in [0.1, 0.15) is 0 Å². The van der Waals surface area contributed by atoms with Gasteiger partial charge in [-0.1, -0.05) is 35.9 Å². The number of rotatable bonds is 3. The van der Waals surface area contributed by atoms with Gasteiger partial charge in [0.05, 0.1) is 17.0 Å². The minimum absolute atomic E-state index is 0.425. The van der Waals surface area contributed by atoms with Gasteiger partial charge in [0.15, 0.2) is 0 Å². The van der Waals surface area contributed by atoms with Gasteiger partial charge < -0.3 is 0 Å². The molecule has 0 spiro atoms. The highest BCUT2D eigenvalue weighted by atomic mass is 35.5. The summed E-state index contributed by atoms with van der Waals surface area (Å²) in [7, 11) is 0. The predicted molar refractivity (Wildman–Crippen MR) is 96.9 cm³/mol. The van der Waals surface area contributed by atoms with Crippen molar-refractivity contribution in [1.29, 1.82) is 0 Å². The molecule has 1 aromatic heterocycles. The molecule has 1 nitrogen and oxygen atoms in total. The number of benzene rings is 2. The third kappa shape index (κ3) is 4.17. The van der Waals surface area contributed by atoms with Crippen molar-refractivity contribution in [3.63, 3.8) is 0 Å². The Morgan fingerprint density at radius 2 is 1.48 bits per heavy atom. The van der Waals surface area contributed by atoms with Gasteiger partial charge in [-0.25, -0.2) is 4.98 Å². The summed E-state index contributed by atoms with van der Waals surface area (Å²) >= 11 is 7.54. The molecule has 6 heteroatoms. The molecule has 3 aromatic rings. The number of aromatic nitrogens is 1. The van der Waals surface area contributed by atoms with E-state index in [2.05, 4.69) is 4.98 Å². The van der Waals surface area contributed by atoms with Crippen LogP contribution in [0.5, 0.6) is 0 Å². The SMILES string of the molecule is CSc1cc(-c2cccc(Cl)c2)nc(-c2cccc(C(F)(F)F)c2)c1. The second-order valence-electron chi connectivity index (χ2n) is 5.37. The molecule has 0 atom stereocenters. The Hall–Kier alpha value is -1.98. The lowest BCUT2D eigenvalue weighted by atomic mass is 10.1. The van der Waals surface area contributed by atoms with Crippen LogP contribution in [-0.4, -0.2) is 11.2 Å². The van der Waals surface area contributed by atoms with Crippen LogP contribution in [0.1, 0.15) is 5.56 Å². The van der Waals surface area contributed by atoms with Crippen molar-refractivity contribution in [3.8, 4) is 22.5 Å². The van der Waals surface area contributed by atoms with Crippen LogP contribution in [0.15, 0.2) is 65.6 Å². The highest BCUT2D eigenvalue weighted by Gasteiger charge is 2.30. The minimum Gasteiger partial charge on any atom is -0.248 e. The molecule has 25 heavy (non-hydrogen) atoms. The summed E-state index contributed by atoms with van der Waals surface area (Å²) in [4.78, 5) is 5.46. The first kappa shape index (κ1) is 17.8. The number of nitrogens with zero attached hydrogens (tertiary/aromatic N) is 1. The van der Waals surface area contributed by atoms with Crippen LogP contribution in [0.4, 0.5) is 13.2 Å². The van der Waals surface area contributed by atoms with Crippen LogP contribution >= 0.6 is 23.4 Å². The van der Waals surface area contributed by atoms with E-state index >= 15 is 0 Å². The lowest BCUT2D eigenvalue weighted by Crippen LogP contribution is -2.04. The maximum Gasteiger partial charge on any atom is 0.416 e. The van der Waals surface area contributed by atoms with E-state index in [1.807, 2.05) is 24.5 Å². The second-order valence-corrected chi connectivity index (χ2v) is 6.68. The number of hydrogen-bond donors (Lipinski definition) is 0. The molecule has 0 radical (unpaired) electrons. The lowest BCUT2D eigenvalue weighted by molar-refractivity contribution is -0.137. The van der Waals surface area contributed by atoms with Gasteiger partial charge in [-0.15, -0.1) is 11.8 Å². The Bertz CT molecular complexity index is 909. The van der Waals surface area contributed by atoms with Gasteiger partial charge in [0, 0.05) is 21.0 Å². The predicted octanol–water partition coefficient (Wildman–Crippen LogP) is 6.81. The van der Waals surface area contributed by atoms with E-state index in [4.69, 9.17) is 11.6 Å². The summed E-state index contributed by atoms with van der Waals surface area (Å²) in [6.07, 6.45) is -2.48. The monoisotopic (exact) mass is 379 g/mol. The van der Waals surface area contributed by atoms with Gasteiger partial charge in [0.2, 0.25) is 0 Å². The van der Waals surface area contributed by atoms with Gasteiger partial charge in [-0.3, -0.25) is 0 Å².